The SMILES string of the molecule is CSCCC(C)N(C)C(CN)c1ccc(N(C)C)cc1. The minimum atomic E-state index is 0.295. The first-order valence-corrected chi connectivity index (χ1v) is 8.58. The van der Waals surface area contributed by atoms with Crippen molar-refractivity contribution >= 4 is 17.4 Å². The first-order chi connectivity index (χ1) is 9.51. The summed E-state index contributed by atoms with van der Waals surface area (Å²) < 4.78 is 0. The van der Waals surface area contributed by atoms with Gasteiger partial charge in [0.05, 0.1) is 0 Å². The van der Waals surface area contributed by atoms with E-state index in [2.05, 4.69) is 68.4 Å². The van der Waals surface area contributed by atoms with E-state index in [-0.39, 0.29) is 0 Å². The van der Waals surface area contributed by atoms with Crippen LogP contribution in [0.5, 0.6) is 0 Å². The second-order valence-electron chi connectivity index (χ2n) is 5.53. The maximum Gasteiger partial charge on any atom is 0.0470 e. The van der Waals surface area contributed by atoms with Crippen LogP contribution in [0.3, 0.4) is 0 Å². The van der Waals surface area contributed by atoms with Crippen molar-refractivity contribution in [1.82, 2.24) is 4.90 Å². The fraction of sp³-hybridized carbons (Fsp3) is 0.625. The van der Waals surface area contributed by atoms with Crippen molar-refractivity contribution < 1.29 is 0 Å². The third kappa shape index (κ3) is 4.69. The molecule has 1 rings (SSSR count). The zero-order valence-corrected chi connectivity index (χ0v) is 14.3. The lowest BCUT2D eigenvalue weighted by atomic mass is 10.0. The summed E-state index contributed by atoms with van der Waals surface area (Å²) in [4.78, 5) is 4.52. The lowest BCUT2D eigenvalue weighted by Crippen LogP contribution is -2.37. The van der Waals surface area contributed by atoms with Crippen molar-refractivity contribution in [2.45, 2.75) is 25.4 Å². The van der Waals surface area contributed by atoms with Gasteiger partial charge in [0.1, 0.15) is 0 Å². The smallest absolute Gasteiger partial charge is 0.0470 e. The van der Waals surface area contributed by atoms with E-state index in [4.69, 9.17) is 5.73 Å². The number of hydrogen-bond donors (Lipinski definition) is 1. The third-order valence-corrected chi connectivity index (χ3v) is 4.59. The van der Waals surface area contributed by atoms with E-state index in [0.717, 1.165) is 0 Å². The van der Waals surface area contributed by atoms with Crippen molar-refractivity contribution in [1.29, 1.82) is 0 Å². The number of thioether (sulfide) groups is 1. The topological polar surface area (TPSA) is 32.5 Å². The molecule has 0 aliphatic carbocycles. The quantitative estimate of drug-likeness (QED) is 0.799. The zero-order chi connectivity index (χ0) is 15.1. The molecule has 0 aliphatic heterocycles. The number of benzene rings is 1. The lowest BCUT2D eigenvalue weighted by Gasteiger charge is -2.33. The van der Waals surface area contributed by atoms with Gasteiger partial charge in [0, 0.05) is 38.4 Å². The van der Waals surface area contributed by atoms with Crippen LogP contribution >= 0.6 is 11.8 Å². The van der Waals surface area contributed by atoms with Gasteiger partial charge in [-0.05, 0) is 50.1 Å². The summed E-state index contributed by atoms with van der Waals surface area (Å²) in [6.07, 6.45) is 3.36. The summed E-state index contributed by atoms with van der Waals surface area (Å²) in [5, 5.41) is 0. The van der Waals surface area contributed by atoms with Gasteiger partial charge in [-0.25, -0.2) is 0 Å². The highest BCUT2D eigenvalue weighted by Gasteiger charge is 2.20. The molecule has 1 aromatic rings. The molecule has 0 aliphatic rings. The Bertz CT molecular complexity index is 378. The molecule has 20 heavy (non-hydrogen) atoms. The normalized spacial score (nSPS) is 14.3. The van der Waals surface area contributed by atoms with Crippen molar-refractivity contribution in [3.05, 3.63) is 29.8 Å². The number of rotatable bonds is 8. The maximum atomic E-state index is 6.01. The standard InChI is InChI=1S/C16H29N3S/c1-13(10-11-20-5)19(4)16(12-17)14-6-8-15(9-7-14)18(2)3/h6-9,13,16H,10-12,17H2,1-5H3. The first kappa shape index (κ1) is 17.3. The van der Waals surface area contributed by atoms with Crippen molar-refractivity contribution in [2.75, 3.05) is 44.6 Å². The van der Waals surface area contributed by atoms with Crippen molar-refractivity contribution in [3.8, 4) is 0 Å². The summed E-state index contributed by atoms with van der Waals surface area (Å²) in [6.45, 7) is 2.94. The highest BCUT2D eigenvalue weighted by molar-refractivity contribution is 7.98. The summed E-state index contributed by atoms with van der Waals surface area (Å²) in [5.74, 6) is 1.20. The minimum Gasteiger partial charge on any atom is -0.378 e. The molecule has 3 nitrogen and oxygen atoms in total. The minimum absolute atomic E-state index is 0.295. The van der Waals surface area contributed by atoms with Crippen LogP contribution in [0.4, 0.5) is 5.69 Å². The second-order valence-corrected chi connectivity index (χ2v) is 6.52. The van der Waals surface area contributed by atoms with Crippen LogP contribution in [-0.2, 0) is 0 Å². The van der Waals surface area contributed by atoms with Gasteiger partial charge in [-0.15, -0.1) is 0 Å². The molecule has 114 valence electrons. The average Bonchev–Trinajstić information content (AvgIpc) is 2.45. The van der Waals surface area contributed by atoms with Crippen LogP contribution in [-0.4, -0.2) is 50.6 Å². The average molecular weight is 295 g/mol. The molecular weight excluding hydrogens is 266 g/mol. The van der Waals surface area contributed by atoms with Gasteiger partial charge in [-0.3, -0.25) is 4.90 Å². The summed E-state index contributed by atoms with van der Waals surface area (Å²) in [6, 6.07) is 9.57. The van der Waals surface area contributed by atoms with Crippen LogP contribution in [0.25, 0.3) is 0 Å². The molecule has 2 unspecified atom stereocenters. The predicted molar refractivity (Wildman–Crippen MR) is 92.8 cm³/mol. The molecule has 0 radical (unpaired) electrons. The Morgan fingerprint density at radius 2 is 1.75 bits per heavy atom. The van der Waals surface area contributed by atoms with Crippen molar-refractivity contribution in [3.63, 3.8) is 0 Å². The third-order valence-electron chi connectivity index (χ3n) is 3.94. The fourth-order valence-electron chi connectivity index (χ4n) is 2.33. The molecule has 0 saturated carbocycles. The number of nitrogens with zero attached hydrogens (tertiary/aromatic N) is 2. The summed E-state index contributed by atoms with van der Waals surface area (Å²) in [7, 11) is 6.31. The first-order valence-electron chi connectivity index (χ1n) is 7.19. The van der Waals surface area contributed by atoms with Crippen LogP contribution in [0.15, 0.2) is 24.3 Å². The molecule has 0 aromatic heterocycles. The molecule has 0 saturated heterocycles. The zero-order valence-electron chi connectivity index (χ0n) is 13.5. The highest BCUT2D eigenvalue weighted by atomic mass is 32.2. The Morgan fingerprint density at radius 3 is 2.20 bits per heavy atom. The van der Waals surface area contributed by atoms with Gasteiger partial charge in [0.2, 0.25) is 0 Å². The van der Waals surface area contributed by atoms with Crippen LogP contribution in [0.2, 0.25) is 0 Å². The summed E-state index contributed by atoms with van der Waals surface area (Å²) >= 11 is 1.90. The van der Waals surface area contributed by atoms with E-state index < -0.39 is 0 Å². The molecule has 2 N–H and O–H groups in total. The number of likely N-dealkylation sites (N-methyl/N-ethyl adjacent to an activating group) is 1. The molecule has 1 aromatic carbocycles. The van der Waals surface area contributed by atoms with Crippen LogP contribution in [0.1, 0.15) is 24.9 Å². The molecule has 0 spiro atoms. The molecule has 0 fully saturated rings. The van der Waals surface area contributed by atoms with E-state index in [1.807, 2.05) is 11.8 Å². The molecule has 0 amide bonds. The highest BCUT2D eigenvalue weighted by Crippen LogP contribution is 2.24. The maximum absolute atomic E-state index is 6.01. The van der Waals surface area contributed by atoms with Gasteiger partial charge >= 0.3 is 0 Å². The molecule has 2 atom stereocenters. The predicted octanol–water partition coefficient (Wildman–Crippen LogP) is 2.83. The number of anilines is 1. The van der Waals surface area contributed by atoms with E-state index in [9.17, 15) is 0 Å². The molecular formula is C16H29N3S. The van der Waals surface area contributed by atoms with E-state index in [0.29, 0.717) is 18.6 Å². The van der Waals surface area contributed by atoms with Crippen molar-refractivity contribution in [2.24, 2.45) is 5.73 Å². The van der Waals surface area contributed by atoms with Gasteiger partial charge < -0.3 is 10.6 Å². The molecule has 0 heterocycles. The van der Waals surface area contributed by atoms with Crippen LogP contribution in [0, 0.1) is 0 Å². The molecule has 4 heteroatoms. The Hall–Kier alpha value is -0.710. The molecule has 0 bridgehead atoms. The monoisotopic (exact) mass is 295 g/mol. The fourth-order valence-corrected chi connectivity index (χ4v) is 2.91. The summed E-state index contributed by atoms with van der Waals surface area (Å²) in [5.41, 5.74) is 8.54. The van der Waals surface area contributed by atoms with E-state index in [1.165, 1.54) is 23.4 Å². The van der Waals surface area contributed by atoms with Gasteiger partial charge in [0.15, 0.2) is 0 Å². The Balaban J connectivity index is 2.78. The second kappa shape index (κ2) is 8.55. The largest absolute Gasteiger partial charge is 0.378 e. The lowest BCUT2D eigenvalue weighted by molar-refractivity contribution is 0.185. The van der Waals surface area contributed by atoms with Gasteiger partial charge in [-0.2, -0.15) is 11.8 Å². The Kier molecular flexibility index (Phi) is 7.41. The Labute approximate surface area is 128 Å². The van der Waals surface area contributed by atoms with Gasteiger partial charge in [0.25, 0.3) is 0 Å². The van der Waals surface area contributed by atoms with E-state index in [1.54, 1.807) is 0 Å². The van der Waals surface area contributed by atoms with E-state index >= 15 is 0 Å². The Morgan fingerprint density at radius 1 is 1.15 bits per heavy atom. The van der Waals surface area contributed by atoms with Crippen LogP contribution < -0.4 is 10.6 Å². The number of hydrogen-bond acceptors (Lipinski definition) is 4. The number of nitrogens with two attached hydrogens (primary N) is 1. The van der Waals surface area contributed by atoms with Gasteiger partial charge in [-0.1, -0.05) is 12.1 Å².